The van der Waals surface area contributed by atoms with Crippen LogP contribution in [0.5, 0.6) is 0 Å². The molecule has 0 aliphatic rings. The van der Waals surface area contributed by atoms with Gasteiger partial charge in [0.15, 0.2) is 0 Å². The summed E-state index contributed by atoms with van der Waals surface area (Å²) in [7, 11) is 4.81. The summed E-state index contributed by atoms with van der Waals surface area (Å²) in [4.78, 5) is 0. The predicted molar refractivity (Wildman–Crippen MR) is 32.6 cm³/mol. The summed E-state index contributed by atoms with van der Waals surface area (Å²) in [5.41, 5.74) is 0. The van der Waals surface area contributed by atoms with E-state index in [2.05, 4.69) is 0 Å². The molecule has 0 saturated carbocycles. The zero-order valence-corrected chi connectivity index (χ0v) is 7.82. The van der Waals surface area contributed by atoms with Gasteiger partial charge in [-0.25, -0.2) is 0 Å². The number of hydrogen-bond acceptors (Lipinski definition) is 3. The quantitative estimate of drug-likeness (QED) is 0.592. The van der Waals surface area contributed by atoms with E-state index in [1.807, 2.05) is 5.76 Å². The molecule has 0 aromatic heterocycles. The average molecular weight is 181 g/mol. The Morgan fingerprint density at radius 1 is 0.875 bits per heavy atom. The van der Waals surface area contributed by atoms with E-state index in [9.17, 15) is 0 Å². The molecular formula is C4H12GeO3. The van der Waals surface area contributed by atoms with Crippen LogP contribution < -0.4 is 0 Å². The Balaban J connectivity index is 3.58. The van der Waals surface area contributed by atoms with Crippen molar-refractivity contribution in [1.82, 2.24) is 0 Å². The first-order chi connectivity index (χ1) is 3.68. The number of hydrogen-bond donors (Lipinski definition) is 0. The minimum absolute atomic E-state index is 1.60. The molecule has 0 spiro atoms. The molecule has 50 valence electrons. The van der Waals surface area contributed by atoms with Crippen LogP contribution in [0.4, 0.5) is 0 Å². The molecule has 0 aromatic carbocycles. The van der Waals surface area contributed by atoms with Gasteiger partial charge in [0.05, 0.1) is 0 Å². The van der Waals surface area contributed by atoms with Crippen molar-refractivity contribution in [3.8, 4) is 0 Å². The Morgan fingerprint density at radius 2 is 1.12 bits per heavy atom. The van der Waals surface area contributed by atoms with Crippen molar-refractivity contribution in [2.24, 2.45) is 0 Å². The zero-order valence-electron chi connectivity index (χ0n) is 5.72. The molecule has 8 heavy (non-hydrogen) atoms. The van der Waals surface area contributed by atoms with Crippen LogP contribution in [-0.2, 0) is 11.3 Å². The van der Waals surface area contributed by atoms with Crippen LogP contribution >= 0.6 is 0 Å². The molecule has 0 radical (unpaired) electrons. The molecule has 0 unspecified atom stereocenters. The normalized spacial score (nSPS) is 12.0. The molecule has 0 atom stereocenters. The molecule has 4 heteroatoms. The van der Waals surface area contributed by atoms with Crippen LogP contribution in [0, 0.1) is 0 Å². The summed E-state index contributed by atoms with van der Waals surface area (Å²) in [5.74, 6) is 1.88. The molecule has 0 bridgehead atoms. The summed E-state index contributed by atoms with van der Waals surface area (Å²) in [6.45, 7) is 0. The monoisotopic (exact) mass is 182 g/mol. The van der Waals surface area contributed by atoms with Gasteiger partial charge < -0.3 is 0 Å². The zero-order chi connectivity index (χ0) is 6.62. The fourth-order valence-corrected chi connectivity index (χ4v) is 1.30. The molecule has 0 fully saturated rings. The van der Waals surface area contributed by atoms with Crippen LogP contribution in [-0.4, -0.2) is 35.6 Å². The first-order valence-electron chi connectivity index (χ1n) is 2.34. The van der Waals surface area contributed by atoms with Crippen LogP contribution in [0.25, 0.3) is 0 Å². The van der Waals surface area contributed by atoms with Crippen molar-refractivity contribution in [3.05, 3.63) is 0 Å². The second kappa shape index (κ2) is 3.45. The number of rotatable bonds is 3. The Hall–Kier alpha value is 0.423. The second-order valence-electron chi connectivity index (χ2n) is 1.47. The van der Waals surface area contributed by atoms with Gasteiger partial charge >= 0.3 is 52.7 Å². The topological polar surface area (TPSA) is 27.7 Å². The fraction of sp³-hybridized carbons (Fsp3) is 1.00. The molecule has 0 N–H and O–H groups in total. The van der Waals surface area contributed by atoms with Gasteiger partial charge in [0, 0.05) is 0 Å². The Bertz CT molecular complexity index is 54.0. The molecule has 0 aromatic rings. The first kappa shape index (κ1) is 8.42. The van der Waals surface area contributed by atoms with Gasteiger partial charge in [0.1, 0.15) is 0 Å². The van der Waals surface area contributed by atoms with E-state index in [0.717, 1.165) is 0 Å². The molecular weight excluding hydrogens is 169 g/mol. The molecule has 0 aliphatic carbocycles. The molecule has 0 rings (SSSR count). The van der Waals surface area contributed by atoms with E-state index in [-0.39, 0.29) is 0 Å². The van der Waals surface area contributed by atoms with Crippen LogP contribution in [0.2, 0.25) is 5.76 Å². The predicted octanol–water partition coefficient (Wildman–Crippen LogP) is 0.494. The molecule has 0 saturated heterocycles. The summed E-state index contributed by atoms with van der Waals surface area (Å²) in [5, 5.41) is 0. The van der Waals surface area contributed by atoms with E-state index in [1.54, 1.807) is 21.3 Å². The van der Waals surface area contributed by atoms with Gasteiger partial charge in [-0.3, -0.25) is 0 Å². The van der Waals surface area contributed by atoms with Gasteiger partial charge in [0.2, 0.25) is 0 Å². The van der Waals surface area contributed by atoms with Gasteiger partial charge in [-0.05, 0) is 0 Å². The van der Waals surface area contributed by atoms with Gasteiger partial charge in [-0.15, -0.1) is 0 Å². The first-order valence-corrected chi connectivity index (χ1v) is 7.00. The summed E-state index contributed by atoms with van der Waals surface area (Å²) >= 11 is -2.62. The van der Waals surface area contributed by atoms with E-state index >= 15 is 0 Å². The van der Waals surface area contributed by atoms with Crippen molar-refractivity contribution in [3.63, 3.8) is 0 Å². The van der Waals surface area contributed by atoms with Crippen molar-refractivity contribution in [1.29, 1.82) is 0 Å². The Morgan fingerprint density at radius 3 is 1.12 bits per heavy atom. The Kier molecular flexibility index (Phi) is 3.63. The van der Waals surface area contributed by atoms with E-state index in [0.29, 0.717) is 0 Å². The maximum atomic E-state index is 4.98. The summed E-state index contributed by atoms with van der Waals surface area (Å²) in [6.07, 6.45) is 0. The van der Waals surface area contributed by atoms with E-state index < -0.39 is 14.3 Å². The van der Waals surface area contributed by atoms with Crippen LogP contribution in [0.15, 0.2) is 0 Å². The second-order valence-corrected chi connectivity index (χ2v) is 7.66. The van der Waals surface area contributed by atoms with Crippen molar-refractivity contribution >= 4 is 14.3 Å². The standard InChI is InChI=1S/C4H12GeO3/c1-5(6-2,7-3)8-4/h1-4H3. The van der Waals surface area contributed by atoms with Crippen LogP contribution in [0.1, 0.15) is 0 Å². The molecule has 3 nitrogen and oxygen atoms in total. The SMILES string of the molecule is C[O][Ge]([CH3])([O]C)[O]C. The van der Waals surface area contributed by atoms with Gasteiger partial charge in [0.25, 0.3) is 0 Å². The third-order valence-electron chi connectivity index (χ3n) is 1.11. The average Bonchev–Trinajstić information content (AvgIpc) is 1.87. The molecule has 0 amide bonds. The van der Waals surface area contributed by atoms with E-state index in [1.165, 1.54) is 0 Å². The van der Waals surface area contributed by atoms with Gasteiger partial charge in [-0.2, -0.15) is 0 Å². The molecule has 0 aliphatic heterocycles. The van der Waals surface area contributed by atoms with Crippen molar-refractivity contribution in [2.45, 2.75) is 5.76 Å². The maximum absolute atomic E-state index is 4.98. The molecule has 0 heterocycles. The third-order valence-corrected chi connectivity index (χ3v) is 5.78. The van der Waals surface area contributed by atoms with E-state index in [4.69, 9.17) is 11.3 Å². The fourth-order valence-electron chi connectivity index (χ4n) is 0.250. The van der Waals surface area contributed by atoms with Gasteiger partial charge in [-0.1, -0.05) is 0 Å². The third kappa shape index (κ3) is 2.13. The summed E-state index contributed by atoms with van der Waals surface area (Å²) in [6, 6.07) is 0. The Labute approximate surface area is 53.3 Å². The van der Waals surface area contributed by atoms with Crippen molar-refractivity contribution in [2.75, 3.05) is 21.3 Å². The minimum atomic E-state index is -2.62. The van der Waals surface area contributed by atoms with Crippen LogP contribution in [0.3, 0.4) is 0 Å². The summed E-state index contributed by atoms with van der Waals surface area (Å²) < 4.78 is 14.9. The van der Waals surface area contributed by atoms with Crippen molar-refractivity contribution < 1.29 is 11.3 Å².